The van der Waals surface area contributed by atoms with Crippen molar-refractivity contribution in [1.29, 1.82) is 0 Å². The van der Waals surface area contributed by atoms with Crippen LogP contribution in [0.15, 0.2) is 36.8 Å². The summed E-state index contributed by atoms with van der Waals surface area (Å²) in [6, 6.07) is 8.34. The van der Waals surface area contributed by atoms with Gasteiger partial charge in [0.25, 0.3) is 0 Å². The minimum absolute atomic E-state index is 0.354. The van der Waals surface area contributed by atoms with Crippen LogP contribution in [0.5, 0.6) is 0 Å². The van der Waals surface area contributed by atoms with Crippen molar-refractivity contribution in [2.24, 2.45) is 0 Å². The summed E-state index contributed by atoms with van der Waals surface area (Å²) in [5, 5.41) is 1.26. The van der Waals surface area contributed by atoms with Gasteiger partial charge in [-0.05, 0) is 25.0 Å². The maximum atomic E-state index is 11.5. The van der Waals surface area contributed by atoms with Crippen LogP contribution in [0, 0.1) is 0 Å². The van der Waals surface area contributed by atoms with E-state index in [2.05, 4.69) is 28.1 Å². The van der Waals surface area contributed by atoms with Crippen molar-refractivity contribution in [3.63, 3.8) is 0 Å². The first kappa shape index (κ1) is 16.2. The lowest BCUT2D eigenvalue weighted by Crippen LogP contribution is -2.34. The van der Waals surface area contributed by atoms with Gasteiger partial charge in [0, 0.05) is 25.2 Å². The first-order valence-corrected chi connectivity index (χ1v) is 9.22. The molecule has 1 aliphatic rings. The lowest BCUT2D eigenvalue weighted by atomic mass is 9.98. The van der Waals surface area contributed by atoms with Crippen molar-refractivity contribution < 1.29 is 9.53 Å². The highest BCUT2D eigenvalue weighted by Gasteiger charge is 2.23. The number of hydrogen-bond acceptors (Lipinski definition) is 6. The second-order valence-electron chi connectivity index (χ2n) is 6.32. The number of methoxy groups -OCH3 is 1. The molecule has 0 aliphatic carbocycles. The number of nitrogens with zero attached hydrogens (tertiary/aromatic N) is 4. The van der Waals surface area contributed by atoms with Gasteiger partial charge in [0.15, 0.2) is 5.69 Å². The summed E-state index contributed by atoms with van der Waals surface area (Å²) in [5.41, 5.74) is 1.46. The molecule has 0 spiro atoms. The van der Waals surface area contributed by atoms with E-state index in [1.807, 2.05) is 22.0 Å². The van der Waals surface area contributed by atoms with Crippen LogP contribution in [0.2, 0.25) is 0 Å². The van der Waals surface area contributed by atoms with Crippen LogP contribution in [0.1, 0.15) is 34.3 Å². The van der Waals surface area contributed by atoms with Crippen LogP contribution in [-0.4, -0.2) is 45.6 Å². The first-order chi connectivity index (χ1) is 12.2. The van der Waals surface area contributed by atoms with Crippen molar-refractivity contribution >= 4 is 27.5 Å². The van der Waals surface area contributed by atoms with E-state index in [-0.39, 0.29) is 0 Å². The third-order valence-corrected chi connectivity index (χ3v) is 5.84. The average Bonchev–Trinajstić information content (AvgIpc) is 3.28. The van der Waals surface area contributed by atoms with E-state index in [9.17, 15) is 4.79 Å². The molecule has 1 fully saturated rings. The van der Waals surface area contributed by atoms with Gasteiger partial charge in [0.05, 0.1) is 35.3 Å². The quantitative estimate of drug-likeness (QED) is 0.672. The van der Waals surface area contributed by atoms with E-state index in [0.29, 0.717) is 11.6 Å². The van der Waals surface area contributed by atoms with E-state index >= 15 is 0 Å². The fraction of sp³-hybridized carbons (Fsp3) is 0.389. The largest absolute Gasteiger partial charge is 0.464 e. The number of likely N-dealkylation sites (tertiary alicyclic amines) is 1. The number of hydrogen-bond donors (Lipinski definition) is 0. The lowest BCUT2D eigenvalue weighted by molar-refractivity contribution is 0.0594. The highest BCUT2D eigenvalue weighted by Crippen LogP contribution is 2.33. The van der Waals surface area contributed by atoms with Gasteiger partial charge < -0.3 is 9.30 Å². The number of carbonyl (C=O) groups is 1. The molecule has 0 amide bonds. The number of rotatable bonds is 4. The second kappa shape index (κ2) is 6.93. The summed E-state index contributed by atoms with van der Waals surface area (Å²) in [5.74, 6) is 0.148. The number of ether oxygens (including phenoxy) is 1. The number of para-hydroxylation sites is 1. The van der Waals surface area contributed by atoms with Crippen LogP contribution in [0.25, 0.3) is 10.2 Å². The van der Waals surface area contributed by atoms with Gasteiger partial charge in [-0.25, -0.2) is 14.8 Å². The molecule has 3 aromatic rings. The molecule has 6 nitrogen and oxygen atoms in total. The molecule has 0 radical (unpaired) electrons. The molecule has 7 heteroatoms. The number of imidazole rings is 1. The predicted molar refractivity (Wildman–Crippen MR) is 96.7 cm³/mol. The predicted octanol–water partition coefficient (Wildman–Crippen LogP) is 3.12. The van der Waals surface area contributed by atoms with Crippen LogP contribution >= 0.6 is 11.3 Å². The molecule has 25 heavy (non-hydrogen) atoms. The molecular formula is C18H20N4O2S. The summed E-state index contributed by atoms with van der Waals surface area (Å²) in [7, 11) is 1.37. The molecule has 0 unspecified atom stereocenters. The molecule has 1 saturated heterocycles. The topological polar surface area (TPSA) is 60.2 Å². The third kappa shape index (κ3) is 3.43. The maximum absolute atomic E-state index is 11.5. The van der Waals surface area contributed by atoms with Gasteiger partial charge in [-0.3, -0.25) is 4.90 Å². The summed E-state index contributed by atoms with van der Waals surface area (Å²) in [6.07, 6.45) is 5.65. The highest BCUT2D eigenvalue weighted by atomic mass is 32.1. The molecule has 4 rings (SSSR count). The average molecular weight is 356 g/mol. The molecular weight excluding hydrogens is 336 g/mol. The molecule has 3 heterocycles. The molecule has 0 saturated carbocycles. The second-order valence-corrected chi connectivity index (χ2v) is 7.38. The number of piperidine rings is 1. The Morgan fingerprint density at radius 3 is 2.88 bits per heavy atom. The van der Waals surface area contributed by atoms with Crippen LogP contribution in [0.3, 0.4) is 0 Å². The Morgan fingerprint density at radius 2 is 2.12 bits per heavy atom. The summed E-state index contributed by atoms with van der Waals surface area (Å²) in [4.78, 5) is 22.8. The maximum Gasteiger partial charge on any atom is 0.358 e. The van der Waals surface area contributed by atoms with Gasteiger partial charge in [0.1, 0.15) is 0 Å². The van der Waals surface area contributed by atoms with E-state index in [1.54, 1.807) is 12.5 Å². The van der Waals surface area contributed by atoms with E-state index in [1.165, 1.54) is 16.8 Å². The van der Waals surface area contributed by atoms with Crippen LogP contribution < -0.4 is 0 Å². The molecule has 0 N–H and O–H groups in total. The van der Waals surface area contributed by atoms with Gasteiger partial charge >= 0.3 is 5.97 Å². The molecule has 1 aliphatic heterocycles. The molecule has 0 bridgehead atoms. The number of esters is 1. The Bertz CT molecular complexity index is 847. The van der Waals surface area contributed by atoms with E-state index in [0.717, 1.165) is 38.1 Å². The van der Waals surface area contributed by atoms with Crippen LogP contribution in [0.4, 0.5) is 0 Å². The summed E-state index contributed by atoms with van der Waals surface area (Å²) in [6.45, 7) is 2.79. The number of benzene rings is 1. The number of thiazole rings is 1. The Balaban J connectivity index is 1.36. The van der Waals surface area contributed by atoms with Crippen molar-refractivity contribution in [2.75, 3.05) is 20.2 Å². The standard InChI is InChI=1S/C18H20N4O2S/c1-24-18(23)15-10-22(11-19-15)12-21-8-6-13(7-9-21)17-20-14-4-2-3-5-16(14)25-17/h2-5,10-11,13H,6-9,12H2,1H3. The SMILES string of the molecule is COC(=O)c1cn(CN2CCC(c3nc4ccccc4s3)CC2)cn1. The third-order valence-electron chi connectivity index (χ3n) is 4.64. The summed E-state index contributed by atoms with van der Waals surface area (Å²) < 4.78 is 7.90. The number of aromatic nitrogens is 3. The van der Waals surface area contributed by atoms with Crippen LogP contribution in [-0.2, 0) is 11.4 Å². The lowest BCUT2D eigenvalue weighted by Gasteiger charge is -2.31. The van der Waals surface area contributed by atoms with E-state index in [4.69, 9.17) is 9.72 Å². The van der Waals surface area contributed by atoms with Gasteiger partial charge in [0.2, 0.25) is 0 Å². The number of fused-ring (bicyclic) bond motifs is 1. The minimum atomic E-state index is -0.395. The molecule has 2 aromatic heterocycles. The number of carbonyl (C=O) groups excluding carboxylic acids is 1. The zero-order valence-electron chi connectivity index (χ0n) is 14.1. The van der Waals surface area contributed by atoms with Gasteiger partial charge in [-0.15, -0.1) is 11.3 Å². The Kier molecular flexibility index (Phi) is 4.50. The fourth-order valence-corrected chi connectivity index (χ4v) is 4.40. The van der Waals surface area contributed by atoms with Crippen molar-refractivity contribution in [1.82, 2.24) is 19.4 Å². The fourth-order valence-electron chi connectivity index (χ4n) is 3.26. The zero-order chi connectivity index (χ0) is 17.2. The molecule has 1 aromatic carbocycles. The zero-order valence-corrected chi connectivity index (χ0v) is 14.9. The van der Waals surface area contributed by atoms with Crippen molar-refractivity contribution in [3.05, 3.63) is 47.5 Å². The van der Waals surface area contributed by atoms with Gasteiger partial charge in [-0.1, -0.05) is 12.1 Å². The normalized spacial score (nSPS) is 16.4. The van der Waals surface area contributed by atoms with Crippen molar-refractivity contribution in [3.8, 4) is 0 Å². The van der Waals surface area contributed by atoms with E-state index < -0.39 is 5.97 Å². The Morgan fingerprint density at radius 1 is 1.32 bits per heavy atom. The minimum Gasteiger partial charge on any atom is -0.464 e. The molecule has 130 valence electrons. The molecule has 0 atom stereocenters. The Labute approximate surface area is 150 Å². The monoisotopic (exact) mass is 356 g/mol. The van der Waals surface area contributed by atoms with Gasteiger partial charge in [-0.2, -0.15) is 0 Å². The highest BCUT2D eigenvalue weighted by molar-refractivity contribution is 7.18. The summed E-state index contributed by atoms with van der Waals surface area (Å²) >= 11 is 1.82. The van der Waals surface area contributed by atoms with Crippen molar-refractivity contribution in [2.45, 2.75) is 25.4 Å². The Hall–Kier alpha value is -2.25. The first-order valence-electron chi connectivity index (χ1n) is 8.41. The smallest absolute Gasteiger partial charge is 0.358 e.